The van der Waals surface area contributed by atoms with Gasteiger partial charge in [-0.15, -0.1) is 0 Å². The van der Waals surface area contributed by atoms with E-state index >= 15 is 0 Å². The highest BCUT2D eigenvalue weighted by atomic mass is 32.2. The number of aromatic nitrogens is 2. The van der Waals surface area contributed by atoms with Crippen molar-refractivity contribution in [1.82, 2.24) is 14.3 Å². The van der Waals surface area contributed by atoms with Crippen LogP contribution in [0.4, 0.5) is 0 Å². The number of imidazole rings is 1. The largest absolute Gasteiger partial charge is 0.493 e. The summed E-state index contributed by atoms with van der Waals surface area (Å²) in [6.45, 7) is 5.82. The third-order valence-electron chi connectivity index (χ3n) is 3.76. The molecule has 1 aromatic heterocycles. The summed E-state index contributed by atoms with van der Waals surface area (Å²) >= 11 is 0. The molecule has 1 aliphatic heterocycles. The third-order valence-corrected chi connectivity index (χ3v) is 5.15. The Morgan fingerprint density at radius 2 is 2.22 bits per heavy atom. The van der Waals surface area contributed by atoms with E-state index in [1.165, 1.54) is 0 Å². The maximum Gasteiger partial charge on any atom is 0.240 e. The van der Waals surface area contributed by atoms with Gasteiger partial charge in [-0.05, 0) is 29.7 Å². The van der Waals surface area contributed by atoms with Crippen molar-refractivity contribution in [3.05, 3.63) is 42.0 Å². The molecule has 1 N–H and O–H groups in total. The molecule has 0 saturated heterocycles. The van der Waals surface area contributed by atoms with E-state index in [9.17, 15) is 8.42 Å². The summed E-state index contributed by atoms with van der Waals surface area (Å²) in [5.41, 5.74) is 0.939. The monoisotopic (exact) mass is 335 g/mol. The van der Waals surface area contributed by atoms with Crippen LogP contribution >= 0.6 is 0 Å². The molecule has 1 aliphatic rings. The molecular weight excluding hydrogens is 314 g/mol. The lowest BCUT2D eigenvalue weighted by molar-refractivity contribution is 0.356. The second kappa shape index (κ2) is 6.33. The van der Waals surface area contributed by atoms with Crippen molar-refractivity contribution in [1.29, 1.82) is 0 Å². The molecule has 2 heterocycles. The second-order valence-corrected chi connectivity index (χ2v) is 7.85. The molecule has 0 amide bonds. The molecule has 0 saturated carbocycles. The Bertz CT molecular complexity index is 797. The van der Waals surface area contributed by atoms with Gasteiger partial charge >= 0.3 is 0 Å². The number of nitrogens with one attached hydrogen (secondary N) is 1. The predicted molar refractivity (Wildman–Crippen MR) is 86.7 cm³/mol. The van der Waals surface area contributed by atoms with E-state index in [1.807, 2.05) is 10.8 Å². The highest BCUT2D eigenvalue weighted by molar-refractivity contribution is 7.89. The number of sulfonamides is 1. The van der Waals surface area contributed by atoms with Crippen LogP contribution in [0.15, 0.2) is 35.5 Å². The molecule has 124 valence electrons. The minimum Gasteiger partial charge on any atom is -0.493 e. The molecule has 0 atom stereocenters. The van der Waals surface area contributed by atoms with Gasteiger partial charge in [-0.2, -0.15) is 0 Å². The molecule has 3 rings (SSSR count). The van der Waals surface area contributed by atoms with E-state index in [0.717, 1.165) is 24.3 Å². The van der Waals surface area contributed by atoms with Gasteiger partial charge in [0.2, 0.25) is 10.0 Å². The van der Waals surface area contributed by atoms with Gasteiger partial charge in [0.25, 0.3) is 0 Å². The summed E-state index contributed by atoms with van der Waals surface area (Å²) in [5.74, 6) is 1.96. The molecule has 6 nitrogen and oxygen atoms in total. The number of rotatable bonds is 6. The van der Waals surface area contributed by atoms with Crippen LogP contribution in [0.25, 0.3) is 0 Å². The van der Waals surface area contributed by atoms with Crippen LogP contribution in [0.2, 0.25) is 0 Å². The van der Waals surface area contributed by atoms with Crippen LogP contribution < -0.4 is 9.46 Å². The van der Waals surface area contributed by atoms with Crippen LogP contribution in [0, 0.1) is 5.92 Å². The number of hydrogen-bond donors (Lipinski definition) is 1. The smallest absolute Gasteiger partial charge is 0.240 e. The second-order valence-electron chi connectivity index (χ2n) is 6.08. The van der Waals surface area contributed by atoms with Crippen LogP contribution in [-0.2, 0) is 29.5 Å². The zero-order chi connectivity index (χ0) is 16.4. The highest BCUT2D eigenvalue weighted by Crippen LogP contribution is 2.27. The minimum absolute atomic E-state index is 0.176. The van der Waals surface area contributed by atoms with Gasteiger partial charge in [0.05, 0.1) is 18.0 Å². The summed E-state index contributed by atoms with van der Waals surface area (Å²) in [6, 6.07) is 4.98. The molecule has 2 aromatic rings. The lowest BCUT2D eigenvalue weighted by Gasteiger charge is -2.11. The maximum absolute atomic E-state index is 12.5. The van der Waals surface area contributed by atoms with Crippen LogP contribution in [-0.4, -0.2) is 24.6 Å². The van der Waals surface area contributed by atoms with Crippen molar-refractivity contribution in [2.75, 3.05) is 6.61 Å². The number of ether oxygens (including phenoxy) is 1. The van der Waals surface area contributed by atoms with E-state index < -0.39 is 10.0 Å². The fraction of sp³-hybridized carbons (Fsp3) is 0.438. The van der Waals surface area contributed by atoms with E-state index in [-0.39, 0.29) is 11.4 Å². The molecule has 23 heavy (non-hydrogen) atoms. The average Bonchev–Trinajstić information content (AvgIpc) is 3.12. The Hall–Kier alpha value is -1.86. The molecule has 0 bridgehead atoms. The number of benzene rings is 1. The zero-order valence-corrected chi connectivity index (χ0v) is 14.1. The maximum atomic E-state index is 12.5. The van der Waals surface area contributed by atoms with Crippen molar-refractivity contribution in [2.45, 2.75) is 38.3 Å². The van der Waals surface area contributed by atoms with Gasteiger partial charge in [-0.3, -0.25) is 0 Å². The van der Waals surface area contributed by atoms with Crippen LogP contribution in [0.3, 0.4) is 0 Å². The Kier molecular flexibility index (Phi) is 4.41. The average molecular weight is 335 g/mol. The van der Waals surface area contributed by atoms with Crippen molar-refractivity contribution in [2.24, 2.45) is 5.92 Å². The van der Waals surface area contributed by atoms with E-state index in [0.29, 0.717) is 18.3 Å². The molecule has 0 spiro atoms. The quantitative estimate of drug-likeness (QED) is 0.876. The standard InChI is InChI=1S/C16H21N3O3S/c1-12(2)11-19-7-6-17-16(19)10-18-23(20,21)14-3-4-15-13(9-14)5-8-22-15/h3-4,6-7,9,12,18H,5,8,10-11H2,1-2H3. The SMILES string of the molecule is CC(C)Cn1ccnc1CNS(=O)(=O)c1ccc2c(c1)CCO2. The first kappa shape index (κ1) is 16.0. The van der Waals surface area contributed by atoms with Crippen molar-refractivity contribution >= 4 is 10.0 Å². The fourth-order valence-electron chi connectivity index (χ4n) is 2.64. The number of nitrogens with zero attached hydrogens (tertiary/aromatic N) is 2. The van der Waals surface area contributed by atoms with Gasteiger partial charge in [-0.25, -0.2) is 18.1 Å². The summed E-state index contributed by atoms with van der Waals surface area (Å²) in [6.07, 6.45) is 4.31. The number of fused-ring (bicyclic) bond motifs is 1. The van der Waals surface area contributed by atoms with Crippen LogP contribution in [0.1, 0.15) is 25.2 Å². The normalized spacial score (nSPS) is 14.0. The van der Waals surface area contributed by atoms with E-state index in [1.54, 1.807) is 24.4 Å². The fourth-order valence-corrected chi connectivity index (χ4v) is 3.67. The zero-order valence-electron chi connectivity index (χ0n) is 13.3. The van der Waals surface area contributed by atoms with Crippen LogP contribution in [0.5, 0.6) is 5.75 Å². The first-order valence-corrected chi connectivity index (χ1v) is 9.19. The molecule has 0 aliphatic carbocycles. The van der Waals surface area contributed by atoms with Crippen molar-refractivity contribution in [3.63, 3.8) is 0 Å². The summed E-state index contributed by atoms with van der Waals surface area (Å²) in [5, 5.41) is 0. The Balaban J connectivity index is 1.73. The minimum atomic E-state index is -3.56. The lowest BCUT2D eigenvalue weighted by atomic mass is 10.2. The molecule has 0 unspecified atom stereocenters. The first-order valence-electron chi connectivity index (χ1n) is 7.71. The molecule has 0 fully saturated rings. The summed E-state index contributed by atoms with van der Waals surface area (Å²) in [7, 11) is -3.56. The lowest BCUT2D eigenvalue weighted by Crippen LogP contribution is -2.25. The Morgan fingerprint density at radius 3 is 3.00 bits per heavy atom. The third kappa shape index (κ3) is 3.56. The van der Waals surface area contributed by atoms with E-state index in [4.69, 9.17) is 4.74 Å². The van der Waals surface area contributed by atoms with Gasteiger partial charge in [-0.1, -0.05) is 13.8 Å². The van der Waals surface area contributed by atoms with Gasteiger partial charge in [0.15, 0.2) is 0 Å². The molecule has 0 radical (unpaired) electrons. The summed E-state index contributed by atoms with van der Waals surface area (Å²) in [4.78, 5) is 4.51. The van der Waals surface area contributed by atoms with Gasteiger partial charge in [0, 0.05) is 25.4 Å². The van der Waals surface area contributed by atoms with Crippen molar-refractivity contribution < 1.29 is 13.2 Å². The first-order chi connectivity index (χ1) is 11.0. The topological polar surface area (TPSA) is 73.2 Å². The molecular formula is C16H21N3O3S. The molecule has 7 heteroatoms. The van der Waals surface area contributed by atoms with Gasteiger partial charge in [0.1, 0.15) is 11.6 Å². The summed E-state index contributed by atoms with van der Waals surface area (Å²) < 4.78 is 35.0. The van der Waals surface area contributed by atoms with Crippen molar-refractivity contribution in [3.8, 4) is 5.75 Å². The Labute approximate surface area is 136 Å². The van der Waals surface area contributed by atoms with Gasteiger partial charge < -0.3 is 9.30 Å². The number of hydrogen-bond acceptors (Lipinski definition) is 4. The van der Waals surface area contributed by atoms with E-state index in [2.05, 4.69) is 23.6 Å². The Morgan fingerprint density at radius 1 is 1.39 bits per heavy atom. The highest BCUT2D eigenvalue weighted by Gasteiger charge is 2.19. The predicted octanol–water partition coefficient (Wildman–Crippen LogP) is 1.95. The molecule has 1 aromatic carbocycles.